The monoisotopic (exact) mass is 952 g/mol. The first kappa shape index (κ1) is 45.8. The number of nitro groups is 1. The Morgan fingerprint density at radius 3 is 2.52 bits per heavy atom. The number of piperazine rings is 1. The number of fused-ring (bicyclic) bond motifs is 2. The zero-order valence-electron chi connectivity index (χ0n) is 37.3. The molecule has 0 unspecified atom stereocenters. The number of nitrogens with one attached hydrogen (secondary N) is 3. The molecule has 5 heterocycles. The van der Waals surface area contributed by atoms with Crippen molar-refractivity contribution in [2.24, 2.45) is 11.3 Å². The van der Waals surface area contributed by atoms with E-state index in [1.165, 1.54) is 33.9 Å². The second kappa shape index (κ2) is 18.7. The number of piperidine rings is 1. The summed E-state index contributed by atoms with van der Waals surface area (Å²) in [6.45, 7) is 9.42. The average molecular weight is 954 g/mol. The average Bonchev–Trinajstić information content (AvgIpc) is 3.78. The number of halogens is 1. The van der Waals surface area contributed by atoms with Crippen molar-refractivity contribution in [1.82, 2.24) is 24.5 Å². The van der Waals surface area contributed by atoms with Crippen molar-refractivity contribution in [3.63, 3.8) is 0 Å². The molecule has 3 aromatic carbocycles. The van der Waals surface area contributed by atoms with Crippen molar-refractivity contribution >= 4 is 67.3 Å². The quantitative estimate of drug-likeness (QED) is 0.0681. The van der Waals surface area contributed by atoms with E-state index in [-0.39, 0.29) is 46.7 Å². The molecule has 4 aliphatic rings. The molecule has 1 aliphatic carbocycles. The SMILES string of the molecule is CC1(C)CCC(CN2CCN(c3ccc(C(=O)NS(=O)(=O)c4cc5c(c([N+](=O)[O-])c4)N[C@@H](CC4CCN(C(=O)O)CC4)CO5)c(Oc4cnc5[nH]ccc5c4)c3)CC2)=C(c2ccc(Cl)cc2)C1. The molecular weight excluding hydrogens is 900 g/mol. The highest BCUT2D eigenvalue weighted by molar-refractivity contribution is 7.90. The topological polar surface area (TPSA) is 213 Å². The van der Waals surface area contributed by atoms with Gasteiger partial charge in [0.15, 0.2) is 11.4 Å². The van der Waals surface area contributed by atoms with Crippen LogP contribution in [0.25, 0.3) is 16.6 Å². The van der Waals surface area contributed by atoms with Gasteiger partial charge in [-0.25, -0.2) is 22.9 Å². The fourth-order valence-corrected chi connectivity index (χ4v) is 10.8. The summed E-state index contributed by atoms with van der Waals surface area (Å²) >= 11 is 6.25. The first-order valence-corrected chi connectivity index (χ1v) is 24.4. The molecule has 0 radical (unpaired) electrons. The van der Waals surface area contributed by atoms with Gasteiger partial charge in [-0.05, 0) is 97.4 Å². The molecule has 67 heavy (non-hydrogen) atoms. The lowest BCUT2D eigenvalue weighted by atomic mass is 9.72. The maximum Gasteiger partial charge on any atom is 0.407 e. The standard InChI is InChI=1S/C48H53ClN8O9S/c1-48(2)13-9-33(40(26-48)31-3-5-34(49)6-4-31)28-54-17-19-55(20-18-54)36-7-8-39(42(23-36)66-37-22-32-10-14-50-45(32)51-27-37)46(58)53-67(63,64)38-24-41(57(61)62)44-43(25-38)65-29-35(52-44)21-30-11-15-56(16-12-30)47(59)60/h3-8,10,14,22-25,27,30,35,52H,9,11-13,15-21,26,28-29H2,1-2H3,(H,50,51)(H,53,58)(H,59,60)/t35-/m0/s1. The summed E-state index contributed by atoms with van der Waals surface area (Å²) in [5.41, 5.74) is 5.13. The summed E-state index contributed by atoms with van der Waals surface area (Å²) in [4.78, 5) is 50.1. The molecule has 0 bridgehead atoms. The normalized spacial score (nSPS) is 19.1. The molecule has 352 valence electrons. The Kier molecular flexibility index (Phi) is 12.8. The molecule has 2 saturated heterocycles. The number of hydrogen-bond acceptors (Lipinski definition) is 12. The Morgan fingerprint density at radius 2 is 1.79 bits per heavy atom. The minimum Gasteiger partial charge on any atom is -0.489 e. The molecule has 2 aromatic heterocycles. The highest BCUT2D eigenvalue weighted by Gasteiger charge is 2.35. The predicted molar refractivity (Wildman–Crippen MR) is 255 cm³/mol. The maximum absolute atomic E-state index is 14.1. The summed E-state index contributed by atoms with van der Waals surface area (Å²) < 4.78 is 42.3. The number of likely N-dealkylation sites (tertiary alicyclic amines) is 1. The van der Waals surface area contributed by atoms with Gasteiger partial charge < -0.3 is 34.7 Å². The van der Waals surface area contributed by atoms with Gasteiger partial charge in [-0.2, -0.15) is 0 Å². The molecule has 17 nitrogen and oxygen atoms in total. The molecule has 0 saturated carbocycles. The fourth-order valence-electron chi connectivity index (χ4n) is 9.68. The molecular formula is C48H53ClN8O9S. The first-order chi connectivity index (χ1) is 32.1. The van der Waals surface area contributed by atoms with Crippen LogP contribution in [0.4, 0.5) is 21.9 Å². The van der Waals surface area contributed by atoms with Crippen LogP contribution >= 0.6 is 11.6 Å². The Hall–Kier alpha value is -6.37. The van der Waals surface area contributed by atoms with Crippen LogP contribution in [0, 0.1) is 21.4 Å². The number of ether oxygens (including phenoxy) is 2. The van der Waals surface area contributed by atoms with Gasteiger partial charge in [-0.1, -0.05) is 43.2 Å². The summed E-state index contributed by atoms with van der Waals surface area (Å²) in [6, 6.07) is 18.5. The zero-order valence-corrected chi connectivity index (χ0v) is 38.9. The minimum atomic E-state index is -4.70. The van der Waals surface area contributed by atoms with Crippen LogP contribution in [0.2, 0.25) is 5.02 Å². The van der Waals surface area contributed by atoms with Crippen molar-refractivity contribution in [2.45, 2.75) is 63.3 Å². The number of H-pyrrole nitrogens is 1. The fraction of sp³-hybridized carbons (Fsp3) is 0.396. The summed E-state index contributed by atoms with van der Waals surface area (Å²) in [5.74, 6) is -0.454. The predicted octanol–water partition coefficient (Wildman–Crippen LogP) is 8.77. The minimum absolute atomic E-state index is 0.0346. The molecule has 2 fully saturated rings. The molecule has 1 atom stereocenters. The van der Waals surface area contributed by atoms with Crippen molar-refractivity contribution in [1.29, 1.82) is 0 Å². The number of rotatable bonds is 12. The third-order valence-electron chi connectivity index (χ3n) is 13.4. The van der Waals surface area contributed by atoms with Crippen LogP contribution in [-0.4, -0.2) is 109 Å². The number of carboxylic acid groups (broad SMARTS) is 1. The van der Waals surface area contributed by atoms with Gasteiger partial charge in [0.1, 0.15) is 23.8 Å². The number of nitro benzene ring substituents is 1. The van der Waals surface area contributed by atoms with E-state index in [0.29, 0.717) is 56.8 Å². The van der Waals surface area contributed by atoms with Crippen molar-refractivity contribution < 1.29 is 37.5 Å². The number of allylic oxidation sites excluding steroid dienone is 1. The van der Waals surface area contributed by atoms with Crippen LogP contribution < -0.4 is 24.4 Å². The lowest BCUT2D eigenvalue weighted by Gasteiger charge is -2.39. The second-order valence-corrected chi connectivity index (χ2v) is 20.8. The number of benzene rings is 3. The molecule has 3 aliphatic heterocycles. The van der Waals surface area contributed by atoms with Gasteiger partial charge in [-0.15, -0.1) is 0 Å². The summed E-state index contributed by atoms with van der Waals surface area (Å²) in [5, 5.41) is 26.3. The van der Waals surface area contributed by atoms with Gasteiger partial charge >= 0.3 is 6.09 Å². The van der Waals surface area contributed by atoms with Crippen molar-refractivity contribution in [3.05, 3.63) is 111 Å². The summed E-state index contributed by atoms with van der Waals surface area (Å²) in [7, 11) is -4.70. The highest BCUT2D eigenvalue weighted by atomic mass is 35.5. The van der Waals surface area contributed by atoms with Crippen LogP contribution in [0.15, 0.2) is 89.6 Å². The molecule has 9 rings (SSSR count). The van der Waals surface area contributed by atoms with E-state index in [9.17, 15) is 33.2 Å². The highest BCUT2D eigenvalue weighted by Crippen LogP contribution is 2.44. The Morgan fingerprint density at radius 1 is 1.03 bits per heavy atom. The molecule has 0 spiro atoms. The molecule has 19 heteroatoms. The maximum atomic E-state index is 14.1. The molecule has 5 aromatic rings. The number of aromatic amines is 1. The van der Waals surface area contributed by atoms with E-state index in [2.05, 4.69) is 55.8 Å². The van der Waals surface area contributed by atoms with Crippen molar-refractivity contribution in [3.8, 4) is 17.2 Å². The number of aromatic nitrogens is 2. The van der Waals surface area contributed by atoms with Crippen LogP contribution in [-0.2, 0) is 10.0 Å². The molecule has 2 amide bonds. The number of sulfonamides is 1. The van der Waals surface area contributed by atoms with Gasteiger partial charge in [0.05, 0.1) is 27.6 Å². The second-order valence-electron chi connectivity index (χ2n) is 18.7. The number of carbonyl (C=O) groups is 2. The lowest BCUT2D eigenvalue weighted by Crippen LogP contribution is -2.47. The van der Waals surface area contributed by atoms with E-state index in [1.807, 2.05) is 18.2 Å². The number of amides is 2. The zero-order chi connectivity index (χ0) is 47.0. The molecule has 4 N–H and O–H groups in total. The Balaban J connectivity index is 0.922. The van der Waals surface area contributed by atoms with Gasteiger partial charge in [0, 0.05) is 86.3 Å². The van der Waals surface area contributed by atoms with E-state index < -0.39 is 37.5 Å². The lowest BCUT2D eigenvalue weighted by molar-refractivity contribution is -0.384. The van der Waals surface area contributed by atoms with E-state index in [0.717, 1.165) is 67.1 Å². The van der Waals surface area contributed by atoms with Gasteiger partial charge in [-0.3, -0.25) is 19.8 Å². The number of nitrogens with zero attached hydrogens (tertiary/aromatic N) is 5. The number of pyridine rings is 1. The van der Waals surface area contributed by atoms with Crippen molar-refractivity contribution in [2.75, 3.05) is 62.6 Å². The number of hydrogen-bond donors (Lipinski definition) is 4. The third-order valence-corrected chi connectivity index (χ3v) is 15.0. The largest absolute Gasteiger partial charge is 0.489 e. The van der Waals surface area contributed by atoms with Crippen LogP contribution in [0.5, 0.6) is 17.2 Å². The summed E-state index contributed by atoms with van der Waals surface area (Å²) in [6.07, 6.45) is 7.32. The third kappa shape index (κ3) is 10.3. The smallest absolute Gasteiger partial charge is 0.407 e. The Labute approximate surface area is 393 Å². The van der Waals surface area contributed by atoms with E-state index >= 15 is 0 Å². The van der Waals surface area contributed by atoms with E-state index in [4.69, 9.17) is 21.1 Å². The number of anilines is 2. The first-order valence-electron chi connectivity index (χ1n) is 22.5. The Bertz CT molecular complexity index is 2850. The number of carbonyl (C=O) groups excluding carboxylic acids is 1. The van der Waals surface area contributed by atoms with Gasteiger partial charge in [0.2, 0.25) is 0 Å². The van der Waals surface area contributed by atoms with Crippen LogP contribution in [0.3, 0.4) is 0 Å². The van der Waals surface area contributed by atoms with E-state index in [1.54, 1.807) is 24.4 Å². The van der Waals surface area contributed by atoms with Crippen LogP contribution in [0.1, 0.15) is 68.3 Å². The van der Waals surface area contributed by atoms with Gasteiger partial charge in [0.25, 0.3) is 21.6 Å².